The van der Waals surface area contributed by atoms with Gasteiger partial charge in [0.15, 0.2) is 0 Å². The van der Waals surface area contributed by atoms with Crippen LogP contribution in [0, 0.1) is 5.82 Å². The maximum absolute atomic E-state index is 14.7. The van der Waals surface area contributed by atoms with Crippen LogP contribution in [0.3, 0.4) is 0 Å². The lowest BCUT2D eigenvalue weighted by molar-refractivity contribution is -0.123. The summed E-state index contributed by atoms with van der Waals surface area (Å²) in [5.74, 6) is -0.691. The molecule has 2 aromatic carbocycles. The van der Waals surface area contributed by atoms with Gasteiger partial charge in [0.1, 0.15) is 23.4 Å². The summed E-state index contributed by atoms with van der Waals surface area (Å²) in [5, 5.41) is 3.48. The van der Waals surface area contributed by atoms with Crippen molar-refractivity contribution in [1.82, 2.24) is 19.8 Å². The molecule has 0 unspecified atom stereocenters. The average Bonchev–Trinajstić information content (AvgIpc) is 3.42. The molecule has 0 fully saturated rings. The average molecular weight is 468 g/mol. The Balaban J connectivity index is 1.66. The van der Waals surface area contributed by atoms with Gasteiger partial charge in [-0.15, -0.1) is 0 Å². The molecule has 2 amide bonds. The molecule has 0 spiro atoms. The van der Waals surface area contributed by atoms with Crippen LogP contribution in [-0.2, 0) is 24.3 Å². The molecule has 3 aromatic rings. The van der Waals surface area contributed by atoms with Crippen molar-refractivity contribution >= 4 is 23.4 Å². The van der Waals surface area contributed by atoms with E-state index in [4.69, 9.17) is 17.3 Å². The van der Waals surface area contributed by atoms with Gasteiger partial charge in [0.2, 0.25) is 5.91 Å². The second kappa shape index (κ2) is 8.61. The minimum atomic E-state index is -1.04. The zero-order chi connectivity index (χ0) is 23.1. The molecule has 1 aliphatic heterocycles. The smallest absolute Gasteiger partial charge is 0.273 e. The zero-order valence-corrected chi connectivity index (χ0v) is 18.6. The lowest BCUT2D eigenvalue weighted by atomic mass is 9.98. The number of nitrogens with one attached hydrogen (secondary N) is 1. The van der Waals surface area contributed by atoms with Crippen LogP contribution in [0.4, 0.5) is 4.39 Å². The van der Waals surface area contributed by atoms with Crippen LogP contribution in [0.15, 0.2) is 48.7 Å². The Morgan fingerprint density at radius 2 is 2.06 bits per heavy atom. The summed E-state index contributed by atoms with van der Waals surface area (Å²) in [6.07, 6.45) is 2.42. The van der Waals surface area contributed by atoms with E-state index in [0.29, 0.717) is 54.9 Å². The number of nitrogens with two attached hydrogens (primary N) is 1. The zero-order valence-electron chi connectivity index (χ0n) is 17.8. The number of primary amides is 1. The molecule has 1 aliphatic carbocycles. The van der Waals surface area contributed by atoms with Crippen molar-refractivity contribution < 1.29 is 14.0 Å². The van der Waals surface area contributed by atoms with Gasteiger partial charge in [0, 0.05) is 18.1 Å². The Morgan fingerprint density at radius 1 is 1.27 bits per heavy atom. The SMILES string of the molecule is NC(=O)[C@@H](c1ccccc1)N(C(=O)c1cnc2n1CCNC2)[C@@H]1CCc2c(F)cc(Cl)cc21. The van der Waals surface area contributed by atoms with Gasteiger partial charge in [0.05, 0.1) is 18.8 Å². The van der Waals surface area contributed by atoms with E-state index in [-0.39, 0.29) is 10.9 Å². The van der Waals surface area contributed by atoms with Crippen molar-refractivity contribution in [3.8, 4) is 0 Å². The van der Waals surface area contributed by atoms with E-state index in [1.165, 1.54) is 17.2 Å². The van der Waals surface area contributed by atoms with Gasteiger partial charge in [-0.3, -0.25) is 9.59 Å². The van der Waals surface area contributed by atoms with Crippen LogP contribution < -0.4 is 11.1 Å². The third-order valence-electron chi connectivity index (χ3n) is 6.41. The first-order valence-corrected chi connectivity index (χ1v) is 11.2. The lowest BCUT2D eigenvalue weighted by Gasteiger charge is -2.36. The molecule has 33 heavy (non-hydrogen) atoms. The Morgan fingerprint density at radius 3 is 2.82 bits per heavy atom. The van der Waals surface area contributed by atoms with Crippen molar-refractivity contribution in [3.63, 3.8) is 0 Å². The molecule has 1 aromatic heterocycles. The molecule has 2 heterocycles. The molecule has 7 nitrogen and oxygen atoms in total. The standard InChI is InChI=1S/C24H23ClFN5O2/c25-15-10-17-16(18(26)11-15)6-7-19(17)31(22(23(27)32)14-4-2-1-3-5-14)24(33)20-12-29-21-13-28-8-9-30(20)21/h1-5,10-12,19,22,28H,6-9,13H2,(H2,27,32)/t19-,22-/m1/s1. The van der Waals surface area contributed by atoms with Gasteiger partial charge in [-0.2, -0.15) is 0 Å². The minimum Gasteiger partial charge on any atom is -0.368 e. The maximum Gasteiger partial charge on any atom is 0.273 e. The topological polar surface area (TPSA) is 93.2 Å². The summed E-state index contributed by atoms with van der Waals surface area (Å²) < 4.78 is 16.5. The first kappa shape index (κ1) is 21.6. The number of hydrogen-bond donors (Lipinski definition) is 2. The fourth-order valence-corrected chi connectivity index (χ4v) is 5.16. The summed E-state index contributed by atoms with van der Waals surface area (Å²) >= 11 is 6.18. The predicted octanol–water partition coefficient (Wildman–Crippen LogP) is 3.14. The number of hydrogen-bond acceptors (Lipinski definition) is 4. The second-order valence-corrected chi connectivity index (χ2v) is 8.76. The summed E-state index contributed by atoms with van der Waals surface area (Å²) in [5.41, 5.74) is 7.97. The summed E-state index contributed by atoms with van der Waals surface area (Å²) in [6.45, 7) is 1.84. The van der Waals surface area contributed by atoms with Gasteiger partial charge < -0.3 is 20.5 Å². The predicted molar refractivity (Wildman–Crippen MR) is 121 cm³/mol. The summed E-state index contributed by atoms with van der Waals surface area (Å²) in [6, 6.07) is 10.3. The van der Waals surface area contributed by atoms with Crippen molar-refractivity contribution in [3.05, 3.63) is 87.7 Å². The monoisotopic (exact) mass is 467 g/mol. The molecular formula is C24H23ClFN5O2. The van der Waals surface area contributed by atoms with Gasteiger partial charge >= 0.3 is 0 Å². The highest BCUT2D eigenvalue weighted by Crippen LogP contribution is 2.43. The number of carbonyl (C=O) groups excluding carboxylic acids is 2. The number of imidazole rings is 1. The molecule has 0 saturated carbocycles. The van der Waals surface area contributed by atoms with Crippen LogP contribution >= 0.6 is 11.6 Å². The number of amides is 2. The number of rotatable bonds is 5. The second-order valence-electron chi connectivity index (χ2n) is 8.33. The highest BCUT2D eigenvalue weighted by atomic mass is 35.5. The first-order valence-electron chi connectivity index (χ1n) is 10.9. The largest absolute Gasteiger partial charge is 0.368 e. The van der Waals surface area contributed by atoms with E-state index in [1.54, 1.807) is 30.3 Å². The first-order chi connectivity index (χ1) is 16.0. The van der Waals surface area contributed by atoms with E-state index >= 15 is 0 Å². The number of aromatic nitrogens is 2. The molecular weight excluding hydrogens is 445 g/mol. The molecule has 170 valence electrons. The maximum atomic E-state index is 14.7. The molecule has 2 atom stereocenters. The normalized spacial score (nSPS) is 17.8. The molecule has 9 heteroatoms. The molecule has 3 N–H and O–H groups in total. The fraction of sp³-hybridized carbons (Fsp3) is 0.292. The number of nitrogens with zero attached hydrogens (tertiary/aromatic N) is 3. The Hall–Kier alpha value is -3.23. The number of carbonyl (C=O) groups is 2. The highest BCUT2D eigenvalue weighted by molar-refractivity contribution is 6.30. The van der Waals surface area contributed by atoms with Crippen molar-refractivity contribution in [1.29, 1.82) is 0 Å². The number of benzene rings is 2. The van der Waals surface area contributed by atoms with Crippen LogP contribution in [0.25, 0.3) is 0 Å². The third-order valence-corrected chi connectivity index (χ3v) is 6.63. The van der Waals surface area contributed by atoms with Crippen LogP contribution in [0.1, 0.15) is 51.5 Å². The fourth-order valence-electron chi connectivity index (χ4n) is 4.94. The van der Waals surface area contributed by atoms with E-state index in [9.17, 15) is 14.0 Å². The van der Waals surface area contributed by atoms with E-state index in [0.717, 1.165) is 5.82 Å². The van der Waals surface area contributed by atoms with Crippen molar-refractivity contribution in [2.75, 3.05) is 6.54 Å². The van der Waals surface area contributed by atoms with E-state index in [1.807, 2.05) is 10.6 Å². The number of halogens is 2. The van der Waals surface area contributed by atoms with Gasteiger partial charge in [-0.1, -0.05) is 41.9 Å². The third kappa shape index (κ3) is 3.79. The highest BCUT2D eigenvalue weighted by Gasteiger charge is 2.41. The van der Waals surface area contributed by atoms with Crippen molar-refractivity contribution in [2.24, 2.45) is 5.73 Å². The van der Waals surface area contributed by atoms with Gasteiger partial charge in [-0.05, 0) is 41.7 Å². The summed E-state index contributed by atoms with van der Waals surface area (Å²) in [7, 11) is 0. The molecule has 0 bridgehead atoms. The Bertz CT molecular complexity index is 1230. The van der Waals surface area contributed by atoms with Gasteiger partial charge in [0.25, 0.3) is 5.91 Å². The molecule has 2 aliphatic rings. The van der Waals surface area contributed by atoms with E-state index < -0.39 is 23.8 Å². The van der Waals surface area contributed by atoms with Crippen molar-refractivity contribution in [2.45, 2.75) is 38.0 Å². The van der Waals surface area contributed by atoms with Crippen LogP contribution in [0.2, 0.25) is 5.02 Å². The lowest BCUT2D eigenvalue weighted by Crippen LogP contribution is -2.44. The quantitative estimate of drug-likeness (QED) is 0.603. The van der Waals surface area contributed by atoms with Gasteiger partial charge in [-0.25, -0.2) is 9.37 Å². The van der Waals surface area contributed by atoms with Crippen LogP contribution in [0.5, 0.6) is 0 Å². The Kier molecular flexibility index (Phi) is 5.64. The molecule has 0 saturated heterocycles. The number of fused-ring (bicyclic) bond motifs is 2. The minimum absolute atomic E-state index is 0.244. The van der Waals surface area contributed by atoms with Crippen LogP contribution in [-0.4, -0.2) is 32.8 Å². The molecule has 5 rings (SSSR count). The Labute approximate surface area is 195 Å². The van der Waals surface area contributed by atoms with E-state index in [2.05, 4.69) is 10.3 Å². The summed E-state index contributed by atoms with van der Waals surface area (Å²) in [4.78, 5) is 32.8. The molecule has 0 radical (unpaired) electrons.